The summed E-state index contributed by atoms with van der Waals surface area (Å²) in [7, 11) is 0. The van der Waals surface area contributed by atoms with E-state index in [-0.39, 0.29) is 5.56 Å². The average molecular weight is 277 g/mol. The van der Waals surface area contributed by atoms with Gasteiger partial charge in [0.2, 0.25) is 0 Å². The van der Waals surface area contributed by atoms with E-state index in [9.17, 15) is 18.7 Å². The van der Waals surface area contributed by atoms with Crippen molar-refractivity contribution in [2.75, 3.05) is 0 Å². The van der Waals surface area contributed by atoms with Crippen LogP contribution in [0.15, 0.2) is 24.3 Å². The summed E-state index contributed by atoms with van der Waals surface area (Å²) in [6, 6.07) is 5.00. The van der Waals surface area contributed by atoms with Gasteiger partial charge in [0.15, 0.2) is 11.6 Å². The van der Waals surface area contributed by atoms with Gasteiger partial charge in [-0.2, -0.15) is 0 Å². The third-order valence-corrected chi connectivity index (χ3v) is 3.55. The van der Waals surface area contributed by atoms with E-state index in [1.165, 1.54) is 12.1 Å². The number of nitrogens with one attached hydrogen (secondary N) is 1. The molecule has 0 atom stereocenters. The molecule has 2 N–H and O–H groups in total. The lowest BCUT2D eigenvalue weighted by Crippen LogP contribution is -2.00. The van der Waals surface area contributed by atoms with Crippen LogP contribution in [0.1, 0.15) is 28.9 Å². The van der Waals surface area contributed by atoms with Crippen LogP contribution in [-0.4, -0.2) is 16.1 Å². The summed E-state index contributed by atoms with van der Waals surface area (Å²) in [5.74, 6) is -2.34. The van der Waals surface area contributed by atoms with E-state index in [4.69, 9.17) is 0 Å². The van der Waals surface area contributed by atoms with Crippen molar-refractivity contribution in [2.24, 2.45) is 5.92 Å². The minimum Gasteiger partial charge on any atom is -0.478 e. The lowest BCUT2D eigenvalue weighted by molar-refractivity contribution is 0.0696. The molecule has 104 valence electrons. The third-order valence-electron chi connectivity index (χ3n) is 3.55. The molecule has 1 aliphatic carbocycles. The van der Waals surface area contributed by atoms with Crippen molar-refractivity contribution in [2.45, 2.75) is 19.3 Å². The summed E-state index contributed by atoms with van der Waals surface area (Å²) in [6.45, 7) is 0. The molecule has 1 heterocycles. The molecule has 0 unspecified atom stereocenters. The molecule has 0 radical (unpaired) electrons. The van der Waals surface area contributed by atoms with Crippen molar-refractivity contribution in [1.82, 2.24) is 4.98 Å². The summed E-state index contributed by atoms with van der Waals surface area (Å²) < 4.78 is 26.2. The SMILES string of the molecule is O=C(O)c1cc(-c2ccc(F)c(F)c2)[nH]c1CC1CC1. The quantitative estimate of drug-likeness (QED) is 0.897. The molecule has 1 fully saturated rings. The standard InChI is InChI=1S/C15H13F2NO2/c16-11-4-3-9(6-12(11)17)13-7-10(15(19)20)14(18-13)5-8-1-2-8/h3-4,6-8,18H,1-2,5H2,(H,19,20). The second kappa shape index (κ2) is 4.74. The molecular formula is C15H13F2NO2. The normalized spacial score (nSPS) is 14.5. The second-order valence-electron chi connectivity index (χ2n) is 5.16. The third kappa shape index (κ3) is 2.43. The summed E-state index contributed by atoms with van der Waals surface area (Å²) in [5.41, 5.74) is 1.79. The molecule has 0 spiro atoms. The van der Waals surface area contributed by atoms with E-state index >= 15 is 0 Å². The zero-order valence-corrected chi connectivity index (χ0v) is 10.6. The number of carboxylic acids is 1. The Kier molecular flexibility index (Phi) is 3.04. The van der Waals surface area contributed by atoms with Gasteiger partial charge in [-0.3, -0.25) is 0 Å². The number of benzene rings is 1. The van der Waals surface area contributed by atoms with Crippen molar-refractivity contribution >= 4 is 5.97 Å². The van der Waals surface area contributed by atoms with Gasteiger partial charge in [0.1, 0.15) is 0 Å². The van der Waals surface area contributed by atoms with Crippen LogP contribution in [0.2, 0.25) is 0 Å². The van der Waals surface area contributed by atoms with E-state index in [1.54, 1.807) is 0 Å². The zero-order chi connectivity index (χ0) is 14.3. The zero-order valence-electron chi connectivity index (χ0n) is 10.6. The second-order valence-corrected chi connectivity index (χ2v) is 5.16. The van der Waals surface area contributed by atoms with Crippen molar-refractivity contribution in [1.29, 1.82) is 0 Å². The molecule has 2 aromatic rings. The maximum Gasteiger partial charge on any atom is 0.337 e. The summed E-state index contributed by atoms with van der Waals surface area (Å²) in [6.07, 6.45) is 2.91. The highest BCUT2D eigenvalue weighted by atomic mass is 19.2. The Morgan fingerprint density at radius 1 is 1.25 bits per heavy atom. The number of aromatic carboxylic acids is 1. The highest BCUT2D eigenvalue weighted by Crippen LogP contribution is 2.34. The largest absolute Gasteiger partial charge is 0.478 e. The molecule has 3 nitrogen and oxygen atoms in total. The molecule has 0 amide bonds. The minimum atomic E-state index is -1.01. The molecule has 1 aromatic carbocycles. The molecule has 3 rings (SSSR count). The van der Waals surface area contributed by atoms with Gasteiger partial charge < -0.3 is 10.1 Å². The summed E-state index contributed by atoms with van der Waals surface area (Å²) >= 11 is 0. The predicted octanol–water partition coefficient (Wildman–Crippen LogP) is 3.61. The van der Waals surface area contributed by atoms with Crippen LogP contribution < -0.4 is 0 Å². The van der Waals surface area contributed by atoms with Crippen molar-refractivity contribution in [3.8, 4) is 11.3 Å². The molecule has 20 heavy (non-hydrogen) atoms. The molecule has 5 heteroatoms. The number of hydrogen-bond acceptors (Lipinski definition) is 1. The van der Waals surface area contributed by atoms with Gasteiger partial charge in [0.25, 0.3) is 0 Å². The van der Waals surface area contributed by atoms with Crippen LogP contribution in [0.25, 0.3) is 11.3 Å². The highest BCUT2D eigenvalue weighted by Gasteiger charge is 2.25. The van der Waals surface area contributed by atoms with E-state index in [0.717, 1.165) is 25.0 Å². The Labute approximate surface area is 114 Å². The van der Waals surface area contributed by atoms with Crippen LogP contribution in [0.4, 0.5) is 8.78 Å². The Bertz CT molecular complexity index is 675. The predicted molar refractivity (Wildman–Crippen MR) is 69.5 cm³/mol. The maximum absolute atomic E-state index is 13.2. The van der Waals surface area contributed by atoms with Crippen LogP contribution in [0.3, 0.4) is 0 Å². The molecule has 0 aliphatic heterocycles. The van der Waals surface area contributed by atoms with Crippen LogP contribution in [0.5, 0.6) is 0 Å². The van der Waals surface area contributed by atoms with Gasteiger partial charge in [-0.05, 0) is 49.4 Å². The average Bonchev–Trinajstić information content (AvgIpc) is 3.10. The minimum absolute atomic E-state index is 0.205. The van der Waals surface area contributed by atoms with Crippen LogP contribution in [0, 0.1) is 17.6 Å². The van der Waals surface area contributed by atoms with Crippen molar-refractivity contribution in [3.05, 3.63) is 47.2 Å². The summed E-state index contributed by atoms with van der Waals surface area (Å²) in [4.78, 5) is 14.3. The fourth-order valence-electron chi connectivity index (χ4n) is 2.28. The highest BCUT2D eigenvalue weighted by molar-refractivity contribution is 5.91. The van der Waals surface area contributed by atoms with E-state index in [2.05, 4.69) is 4.98 Å². The molecular weight excluding hydrogens is 264 g/mol. The Balaban J connectivity index is 2.00. The number of carboxylic acid groups (broad SMARTS) is 1. The van der Waals surface area contributed by atoms with Gasteiger partial charge in [0, 0.05) is 17.0 Å². The van der Waals surface area contributed by atoms with Crippen LogP contribution in [-0.2, 0) is 6.42 Å². The lowest BCUT2D eigenvalue weighted by Gasteiger charge is -2.00. The van der Waals surface area contributed by atoms with Gasteiger partial charge in [-0.25, -0.2) is 13.6 Å². The molecule has 1 aromatic heterocycles. The Hall–Kier alpha value is -2.17. The number of aromatic nitrogens is 1. The number of hydrogen-bond donors (Lipinski definition) is 2. The van der Waals surface area contributed by atoms with Gasteiger partial charge in [0.05, 0.1) is 5.56 Å². The molecule has 1 aliphatic rings. The Morgan fingerprint density at radius 2 is 2.00 bits per heavy atom. The first-order chi connectivity index (χ1) is 9.54. The van der Waals surface area contributed by atoms with E-state index < -0.39 is 17.6 Å². The van der Waals surface area contributed by atoms with E-state index in [0.29, 0.717) is 29.3 Å². The van der Waals surface area contributed by atoms with Crippen LogP contribution >= 0.6 is 0 Å². The number of carbonyl (C=O) groups is 1. The number of H-pyrrole nitrogens is 1. The first-order valence-electron chi connectivity index (χ1n) is 6.45. The number of halogens is 2. The maximum atomic E-state index is 13.2. The molecule has 0 bridgehead atoms. The fourth-order valence-corrected chi connectivity index (χ4v) is 2.28. The molecule has 1 saturated carbocycles. The monoisotopic (exact) mass is 277 g/mol. The van der Waals surface area contributed by atoms with Gasteiger partial charge in [-0.1, -0.05) is 0 Å². The van der Waals surface area contributed by atoms with Crippen molar-refractivity contribution < 1.29 is 18.7 Å². The first kappa shape index (κ1) is 12.8. The number of rotatable bonds is 4. The smallest absolute Gasteiger partial charge is 0.337 e. The lowest BCUT2D eigenvalue weighted by atomic mass is 10.1. The fraction of sp³-hybridized carbons (Fsp3) is 0.267. The van der Waals surface area contributed by atoms with Gasteiger partial charge >= 0.3 is 5.97 Å². The number of aromatic amines is 1. The summed E-state index contributed by atoms with van der Waals surface area (Å²) in [5, 5.41) is 9.20. The Morgan fingerprint density at radius 3 is 2.60 bits per heavy atom. The van der Waals surface area contributed by atoms with Crippen molar-refractivity contribution in [3.63, 3.8) is 0 Å². The van der Waals surface area contributed by atoms with E-state index in [1.807, 2.05) is 0 Å². The van der Waals surface area contributed by atoms with Gasteiger partial charge in [-0.15, -0.1) is 0 Å². The molecule has 0 saturated heterocycles. The topological polar surface area (TPSA) is 53.1 Å². The first-order valence-corrected chi connectivity index (χ1v) is 6.45.